The van der Waals surface area contributed by atoms with E-state index in [1.165, 1.54) is 29.5 Å². The molecule has 27 heavy (non-hydrogen) atoms. The molecule has 0 radical (unpaired) electrons. The summed E-state index contributed by atoms with van der Waals surface area (Å²) in [7, 11) is 0. The maximum atomic E-state index is 12.7. The lowest BCUT2D eigenvalue weighted by Crippen LogP contribution is -2.26. The molecule has 0 atom stereocenters. The van der Waals surface area contributed by atoms with Gasteiger partial charge in [0.15, 0.2) is 4.34 Å². The average molecular weight is 418 g/mol. The summed E-state index contributed by atoms with van der Waals surface area (Å²) in [5.74, 6) is 0.403. The smallest absolute Gasteiger partial charge is 0.259 e. The van der Waals surface area contributed by atoms with E-state index < -0.39 is 0 Å². The first-order chi connectivity index (χ1) is 13.2. The topological polar surface area (TPSA) is 64.1 Å². The number of rotatable bonds is 6. The van der Waals surface area contributed by atoms with Crippen molar-refractivity contribution in [3.63, 3.8) is 0 Å². The Hall–Kier alpha value is -2.09. The van der Waals surface area contributed by atoms with Gasteiger partial charge in [0.1, 0.15) is 11.3 Å². The van der Waals surface area contributed by atoms with Gasteiger partial charge in [0.05, 0.1) is 16.7 Å². The fourth-order valence-electron chi connectivity index (χ4n) is 2.59. The van der Waals surface area contributed by atoms with Crippen LogP contribution in [0.1, 0.15) is 29.6 Å². The van der Waals surface area contributed by atoms with Gasteiger partial charge in [-0.05, 0) is 49.6 Å². The number of benzene rings is 2. The van der Waals surface area contributed by atoms with Crippen LogP contribution in [0.2, 0.25) is 5.02 Å². The summed E-state index contributed by atoms with van der Waals surface area (Å²) < 4.78 is 6.76. The zero-order chi connectivity index (χ0) is 18.6. The van der Waals surface area contributed by atoms with Crippen LogP contribution in [0.5, 0.6) is 5.75 Å². The molecular weight excluding hydrogens is 402 g/mol. The van der Waals surface area contributed by atoms with Crippen molar-refractivity contribution in [2.75, 3.05) is 5.32 Å². The number of hydrogen-bond acceptors (Lipinski definition) is 6. The monoisotopic (exact) mass is 417 g/mol. The number of ether oxygens (including phenoxy) is 1. The van der Waals surface area contributed by atoms with E-state index in [1.54, 1.807) is 17.6 Å². The Labute approximate surface area is 170 Å². The van der Waals surface area contributed by atoms with Crippen molar-refractivity contribution in [1.82, 2.24) is 10.2 Å². The van der Waals surface area contributed by atoms with Gasteiger partial charge in [0, 0.05) is 10.6 Å². The first-order valence-corrected chi connectivity index (χ1v) is 10.6. The number of aromatic nitrogens is 2. The Morgan fingerprint density at radius 3 is 2.81 bits per heavy atom. The summed E-state index contributed by atoms with van der Waals surface area (Å²) in [6.07, 6.45) is 3.47. The van der Waals surface area contributed by atoms with Crippen LogP contribution in [0.15, 0.2) is 57.2 Å². The van der Waals surface area contributed by atoms with E-state index in [2.05, 4.69) is 15.5 Å². The Morgan fingerprint density at radius 2 is 2.11 bits per heavy atom. The van der Waals surface area contributed by atoms with Crippen molar-refractivity contribution in [3.8, 4) is 5.75 Å². The van der Waals surface area contributed by atoms with Gasteiger partial charge in [-0.25, -0.2) is 0 Å². The third-order valence-corrected chi connectivity index (χ3v) is 6.48. The average Bonchev–Trinajstić information content (AvgIpc) is 3.14. The molecule has 3 aromatic rings. The Bertz CT molecular complexity index is 946. The molecule has 0 saturated heterocycles. The Kier molecular flexibility index (Phi) is 5.61. The van der Waals surface area contributed by atoms with Crippen LogP contribution in [0.3, 0.4) is 0 Å². The number of anilines is 1. The largest absolute Gasteiger partial charge is 0.490 e. The van der Waals surface area contributed by atoms with Crippen molar-refractivity contribution < 1.29 is 9.53 Å². The fourth-order valence-corrected chi connectivity index (χ4v) is 4.32. The summed E-state index contributed by atoms with van der Waals surface area (Å²) in [6, 6.07) is 12.7. The van der Waals surface area contributed by atoms with Crippen molar-refractivity contribution in [2.45, 2.75) is 34.6 Å². The van der Waals surface area contributed by atoms with E-state index in [9.17, 15) is 4.79 Å². The van der Waals surface area contributed by atoms with Crippen LogP contribution >= 0.6 is 34.7 Å². The summed E-state index contributed by atoms with van der Waals surface area (Å²) >= 11 is 9.26. The van der Waals surface area contributed by atoms with Gasteiger partial charge in [0.25, 0.3) is 5.91 Å². The third kappa shape index (κ3) is 4.43. The molecule has 1 aliphatic rings. The molecule has 1 aromatic heterocycles. The van der Waals surface area contributed by atoms with Gasteiger partial charge in [0.2, 0.25) is 0 Å². The molecule has 8 heteroatoms. The molecule has 1 heterocycles. The first kappa shape index (κ1) is 18.3. The number of nitrogens with zero attached hydrogens (tertiary/aromatic N) is 2. The van der Waals surface area contributed by atoms with E-state index in [0.717, 1.165) is 22.1 Å². The minimum Gasteiger partial charge on any atom is -0.490 e. The zero-order valence-electron chi connectivity index (χ0n) is 14.2. The van der Waals surface area contributed by atoms with Crippen LogP contribution in [-0.4, -0.2) is 22.2 Å². The number of carbonyl (C=O) groups is 1. The predicted molar refractivity (Wildman–Crippen MR) is 108 cm³/mol. The van der Waals surface area contributed by atoms with Gasteiger partial charge in [-0.1, -0.05) is 46.8 Å². The van der Waals surface area contributed by atoms with E-state index in [0.29, 0.717) is 22.0 Å². The highest BCUT2D eigenvalue weighted by Gasteiger charge is 2.22. The molecule has 0 unspecified atom stereocenters. The molecule has 1 amide bonds. The summed E-state index contributed by atoms with van der Waals surface area (Å²) in [6.45, 7) is 0. The van der Waals surface area contributed by atoms with E-state index in [4.69, 9.17) is 16.3 Å². The highest BCUT2D eigenvalue weighted by atomic mass is 35.5. The van der Waals surface area contributed by atoms with Gasteiger partial charge in [-0.15, -0.1) is 10.2 Å². The van der Waals surface area contributed by atoms with Gasteiger partial charge in [-0.2, -0.15) is 0 Å². The van der Waals surface area contributed by atoms with Crippen molar-refractivity contribution in [3.05, 3.63) is 58.6 Å². The van der Waals surface area contributed by atoms with Crippen LogP contribution in [0.4, 0.5) is 5.69 Å². The Balaban J connectivity index is 1.47. The number of para-hydroxylation sites is 1. The normalized spacial score (nSPS) is 13.8. The highest BCUT2D eigenvalue weighted by molar-refractivity contribution is 8.01. The molecule has 5 nitrogen and oxygen atoms in total. The van der Waals surface area contributed by atoms with Crippen LogP contribution in [-0.2, 0) is 0 Å². The minimum atomic E-state index is -0.217. The lowest BCUT2D eigenvalue weighted by atomic mass is 9.96. The summed E-state index contributed by atoms with van der Waals surface area (Å²) in [5, 5.41) is 11.3. The first-order valence-electron chi connectivity index (χ1n) is 8.49. The molecule has 1 fully saturated rings. The predicted octanol–water partition coefficient (Wildman–Crippen LogP) is 5.53. The van der Waals surface area contributed by atoms with Crippen molar-refractivity contribution in [2.24, 2.45) is 0 Å². The van der Waals surface area contributed by atoms with Crippen molar-refractivity contribution >= 4 is 46.3 Å². The third-order valence-electron chi connectivity index (χ3n) is 4.20. The highest BCUT2D eigenvalue weighted by Crippen LogP contribution is 2.35. The molecule has 4 rings (SSSR count). The van der Waals surface area contributed by atoms with Gasteiger partial charge >= 0.3 is 0 Å². The van der Waals surface area contributed by atoms with Gasteiger partial charge in [-0.3, -0.25) is 4.79 Å². The number of carbonyl (C=O) groups excluding carboxylic acids is 1. The quantitative estimate of drug-likeness (QED) is 0.571. The van der Waals surface area contributed by atoms with E-state index in [1.807, 2.05) is 30.3 Å². The van der Waals surface area contributed by atoms with Crippen LogP contribution in [0.25, 0.3) is 0 Å². The number of amides is 1. The molecule has 1 saturated carbocycles. The SMILES string of the molecule is O=C(Nc1ccc(Sc2nncs2)c(Cl)c1)c1ccccc1OC1CCC1. The van der Waals surface area contributed by atoms with E-state index in [-0.39, 0.29) is 12.0 Å². The maximum Gasteiger partial charge on any atom is 0.259 e. The number of nitrogens with one attached hydrogen (secondary N) is 1. The van der Waals surface area contributed by atoms with E-state index >= 15 is 0 Å². The lowest BCUT2D eigenvalue weighted by Gasteiger charge is -2.27. The fraction of sp³-hybridized carbons (Fsp3) is 0.211. The second-order valence-electron chi connectivity index (χ2n) is 6.07. The minimum absolute atomic E-state index is 0.213. The molecule has 1 N–H and O–H groups in total. The Morgan fingerprint density at radius 1 is 1.26 bits per heavy atom. The summed E-state index contributed by atoms with van der Waals surface area (Å²) in [4.78, 5) is 13.6. The second-order valence-corrected chi connectivity index (χ2v) is 8.60. The lowest BCUT2D eigenvalue weighted by molar-refractivity contribution is 0.0992. The van der Waals surface area contributed by atoms with Crippen LogP contribution < -0.4 is 10.1 Å². The standard InChI is InChI=1S/C19H16ClN3O2S2/c20-15-10-12(8-9-17(15)27-19-23-21-11-26-19)22-18(24)14-6-1-2-7-16(14)25-13-4-3-5-13/h1-2,6-11,13H,3-5H2,(H,22,24). The molecule has 2 aromatic carbocycles. The second kappa shape index (κ2) is 8.29. The zero-order valence-corrected chi connectivity index (χ0v) is 16.6. The maximum absolute atomic E-state index is 12.7. The molecule has 138 valence electrons. The molecular formula is C19H16ClN3O2S2. The number of hydrogen-bond donors (Lipinski definition) is 1. The molecule has 0 bridgehead atoms. The summed E-state index contributed by atoms with van der Waals surface area (Å²) in [5.41, 5.74) is 2.83. The number of halogens is 1. The molecule has 1 aliphatic carbocycles. The van der Waals surface area contributed by atoms with Gasteiger partial charge < -0.3 is 10.1 Å². The molecule has 0 spiro atoms. The van der Waals surface area contributed by atoms with Crippen molar-refractivity contribution in [1.29, 1.82) is 0 Å². The molecule has 0 aliphatic heterocycles. The van der Waals surface area contributed by atoms with Crippen LogP contribution in [0, 0.1) is 0 Å².